The van der Waals surface area contributed by atoms with E-state index in [4.69, 9.17) is 0 Å². The summed E-state index contributed by atoms with van der Waals surface area (Å²) < 4.78 is 0. The minimum absolute atomic E-state index is 0.174. The minimum Gasteiger partial charge on any atom is -0.353 e. The first kappa shape index (κ1) is 18.5. The van der Waals surface area contributed by atoms with Gasteiger partial charge in [0.15, 0.2) is 5.82 Å². The number of carbonyl (C=O) groups is 3. The lowest BCUT2D eigenvalue weighted by molar-refractivity contribution is -0.125. The molecule has 3 amide bonds. The molecule has 8 nitrogen and oxygen atoms in total. The topological polar surface area (TPSA) is 108 Å². The van der Waals surface area contributed by atoms with Gasteiger partial charge in [0, 0.05) is 18.7 Å². The molecule has 1 atom stereocenters. The molecule has 1 saturated heterocycles. The van der Waals surface area contributed by atoms with Crippen molar-refractivity contribution in [3.8, 4) is 11.4 Å². The van der Waals surface area contributed by atoms with Gasteiger partial charge in [0.1, 0.15) is 0 Å². The Balaban J connectivity index is 1.48. The van der Waals surface area contributed by atoms with Gasteiger partial charge >= 0.3 is 0 Å². The van der Waals surface area contributed by atoms with Crippen LogP contribution in [0.2, 0.25) is 0 Å². The van der Waals surface area contributed by atoms with Crippen LogP contribution in [0.3, 0.4) is 0 Å². The number of rotatable bonds is 7. The molecule has 0 aliphatic carbocycles. The monoisotopic (exact) mass is 391 g/mol. The van der Waals surface area contributed by atoms with Crippen molar-refractivity contribution >= 4 is 40.6 Å². The SMILES string of the molecule is C[C@@H](Sc1n[nH]c(-c2ccccc2)n1)C(=O)NCCN1C(=O)CSC1=O. The molecule has 1 aromatic carbocycles. The number of hydrogen-bond acceptors (Lipinski definition) is 7. The molecule has 10 heteroatoms. The predicted octanol–water partition coefficient (Wildman–Crippen LogP) is 1.76. The van der Waals surface area contributed by atoms with Crippen molar-refractivity contribution in [3.63, 3.8) is 0 Å². The molecular formula is C16H17N5O3S2. The average molecular weight is 391 g/mol. The summed E-state index contributed by atoms with van der Waals surface area (Å²) in [4.78, 5) is 40.7. The molecule has 0 radical (unpaired) electrons. The second-order valence-corrected chi connectivity index (χ2v) is 7.72. The maximum absolute atomic E-state index is 12.2. The Hall–Kier alpha value is -2.33. The van der Waals surface area contributed by atoms with Crippen LogP contribution in [0.25, 0.3) is 11.4 Å². The molecule has 2 heterocycles. The van der Waals surface area contributed by atoms with Crippen LogP contribution in [-0.4, -0.2) is 61.2 Å². The van der Waals surface area contributed by atoms with E-state index < -0.39 is 5.25 Å². The zero-order valence-electron chi connectivity index (χ0n) is 14.0. The molecule has 0 unspecified atom stereocenters. The smallest absolute Gasteiger partial charge is 0.288 e. The molecule has 3 rings (SSSR count). The zero-order valence-corrected chi connectivity index (χ0v) is 15.6. The van der Waals surface area contributed by atoms with E-state index in [0.717, 1.165) is 22.2 Å². The molecule has 1 aliphatic heterocycles. The summed E-state index contributed by atoms with van der Waals surface area (Å²) in [6.45, 7) is 2.16. The third-order valence-electron chi connectivity index (χ3n) is 3.64. The molecule has 26 heavy (non-hydrogen) atoms. The molecule has 1 fully saturated rings. The van der Waals surface area contributed by atoms with Crippen molar-refractivity contribution in [2.24, 2.45) is 0 Å². The fourth-order valence-electron chi connectivity index (χ4n) is 2.27. The van der Waals surface area contributed by atoms with Crippen molar-refractivity contribution in [1.29, 1.82) is 0 Å². The quantitative estimate of drug-likeness (QED) is 0.693. The van der Waals surface area contributed by atoms with Crippen LogP contribution in [0.15, 0.2) is 35.5 Å². The molecule has 2 N–H and O–H groups in total. The molecule has 1 aromatic heterocycles. The number of hydrogen-bond donors (Lipinski definition) is 2. The summed E-state index contributed by atoms with van der Waals surface area (Å²) in [5, 5.41) is 9.52. The number of thioether (sulfide) groups is 2. The lowest BCUT2D eigenvalue weighted by Gasteiger charge is -2.14. The molecule has 2 aromatic rings. The van der Waals surface area contributed by atoms with Crippen LogP contribution in [-0.2, 0) is 9.59 Å². The van der Waals surface area contributed by atoms with Crippen molar-refractivity contribution in [2.45, 2.75) is 17.3 Å². The van der Waals surface area contributed by atoms with Gasteiger partial charge in [-0.05, 0) is 6.92 Å². The highest BCUT2D eigenvalue weighted by Gasteiger charge is 2.29. The number of amides is 3. The van der Waals surface area contributed by atoms with E-state index in [0.29, 0.717) is 11.0 Å². The first-order valence-electron chi connectivity index (χ1n) is 7.94. The van der Waals surface area contributed by atoms with E-state index in [1.54, 1.807) is 6.92 Å². The van der Waals surface area contributed by atoms with Crippen molar-refractivity contribution in [2.75, 3.05) is 18.8 Å². The molecule has 0 spiro atoms. The maximum atomic E-state index is 12.2. The second-order valence-electron chi connectivity index (χ2n) is 5.48. The number of nitrogens with zero attached hydrogens (tertiary/aromatic N) is 3. The number of imide groups is 1. The van der Waals surface area contributed by atoms with E-state index in [-0.39, 0.29) is 35.9 Å². The summed E-state index contributed by atoms with van der Waals surface area (Å²) in [5.74, 6) is 0.399. The van der Waals surface area contributed by atoms with E-state index in [9.17, 15) is 14.4 Å². The first-order chi connectivity index (χ1) is 12.5. The number of aromatic amines is 1. The number of H-pyrrole nitrogens is 1. The van der Waals surface area contributed by atoms with Gasteiger partial charge in [-0.25, -0.2) is 4.98 Å². The highest BCUT2D eigenvalue weighted by atomic mass is 32.2. The molecule has 1 aliphatic rings. The third-order valence-corrected chi connectivity index (χ3v) is 5.46. The van der Waals surface area contributed by atoms with Crippen LogP contribution >= 0.6 is 23.5 Å². The van der Waals surface area contributed by atoms with Gasteiger partial charge < -0.3 is 5.32 Å². The lowest BCUT2D eigenvalue weighted by Crippen LogP contribution is -2.39. The number of benzene rings is 1. The summed E-state index contributed by atoms with van der Waals surface area (Å²) in [7, 11) is 0. The number of nitrogens with one attached hydrogen (secondary N) is 2. The Morgan fingerprint density at radius 2 is 2.15 bits per heavy atom. The van der Waals surface area contributed by atoms with Crippen LogP contribution in [0, 0.1) is 0 Å². The Bertz CT molecular complexity index is 795. The van der Waals surface area contributed by atoms with Gasteiger partial charge in [0.25, 0.3) is 5.24 Å². The van der Waals surface area contributed by atoms with Crippen molar-refractivity contribution < 1.29 is 14.4 Å². The van der Waals surface area contributed by atoms with Gasteiger partial charge in [-0.2, -0.15) is 0 Å². The summed E-state index contributed by atoms with van der Waals surface area (Å²) >= 11 is 2.22. The average Bonchev–Trinajstić information content (AvgIpc) is 3.23. The largest absolute Gasteiger partial charge is 0.353 e. The Morgan fingerprint density at radius 3 is 2.85 bits per heavy atom. The maximum Gasteiger partial charge on any atom is 0.288 e. The predicted molar refractivity (Wildman–Crippen MR) is 99.7 cm³/mol. The van der Waals surface area contributed by atoms with E-state index in [2.05, 4.69) is 20.5 Å². The summed E-state index contributed by atoms with van der Waals surface area (Å²) in [6.07, 6.45) is 0. The minimum atomic E-state index is -0.409. The second kappa shape index (κ2) is 8.37. The Morgan fingerprint density at radius 1 is 1.38 bits per heavy atom. The standard InChI is InChI=1S/C16H17N5O3S2/c1-10(14(23)17-7-8-21-12(22)9-25-16(21)24)26-15-18-13(19-20-15)11-5-3-2-4-6-11/h2-6,10H,7-9H2,1H3,(H,17,23)(H,18,19,20)/t10-/m1/s1. The highest BCUT2D eigenvalue weighted by Crippen LogP contribution is 2.22. The van der Waals surface area contributed by atoms with Crippen LogP contribution < -0.4 is 5.32 Å². The highest BCUT2D eigenvalue weighted by molar-refractivity contribution is 8.14. The molecule has 136 valence electrons. The fourth-order valence-corrected chi connectivity index (χ4v) is 3.77. The van der Waals surface area contributed by atoms with E-state index >= 15 is 0 Å². The van der Waals surface area contributed by atoms with Crippen LogP contribution in [0.4, 0.5) is 4.79 Å². The van der Waals surface area contributed by atoms with Gasteiger partial charge in [0.2, 0.25) is 17.0 Å². The number of aromatic nitrogens is 3. The van der Waals surface area contributed by atoms with Gasteiger partial charge in [0.05, 0.1) is 11.0 Å². The van der Waals surface area contributed by atoms with E-state index in [1.165, 1.54) is 11.8 Å². The fraction of sp³-hybridized carbons (Fsp3) is 0.312. The van der Waals surface area contributed by atoms with Crippen LogP contribution in [0.5, 0.6) is 0 Å². The zero-order chi connectivity index (χ0) is 18.5. The lowest BCUT2D eigenvalue weighted by atomic mass is 10.2. The van der Waals surface area contributed by atoms with Gasteiger partial charge in [-0.3, -0.25) is 24.4 Å². The molecule has 0 bridgehead atoms. The summed E-state index contributed by atoms with van der Waals surface area (Å²) in [6, 6.07) is 9.59. The normalized spacial score (nSPS) is 15.3. The van der Waals surface area contributed by atoms with Gasteiger partial charge in [-0.1, -0.05) is 53.9 Å². The van der Waals surface area contributed by atoms with Crippen molar-refractivity contribution in [3.05, 3.63) is 30.3 Å². The van der Waals surface area contributed by atoms with Gasteiger partial charge in [-0.15, -0.1) is 5.10 Å². The first-order valence-corrected chi connectivity index (χ1v) is 9.80. The summed E-state index contributed by atoms with van der Waals surface area (Å²) in [5.41, 5.74) is 0.918. The third kappa shape index (κ3) is 4.44. The van der Waals surface area contributed by atoms with E-state index in [1.807, 2.05) is 30.3 Å². The van der Waals surface area contributed by atoms with Crippen LogP contribution in [0.1, 0.15) is 6.92 Å². The molecule has 0 saturated carbocycles. The molecular weight excluding hydrogens is 374 g/mol. The Labute approximate surface area is 158 Å². The number of carbonyl (C=O) groups excluding carboxylic acids is 3. The van der Waals surface area contributed by atoms with Crippen molar-refractivity contribution in [1.82, 2.24) is 25.4 Å². The Kier molecular flexibility index (Phi) is 5.94.